The fraction of sp³-hybridized carbons (Fsp3) is 1.00. The van der Waals surface area contributed by atoms with Gasteiger partial charge in [0.1, 0.15) is 0 Å². The van der Waals surface area contributed by atoms with Gasteiger partial charge in [-0.25, -0.2) is 0 Å². The zero-order chi connectivity index (χ0) is 9.84. The highest BCUT2D eigenvalue weighted by Gasteiger charge is 2.26. The molecule has 4 unspecified atom stereocenters. The molecule has 0 radical (unpaired) electrons. The van der Waals surface area contributed by atoms with Crippen molar-refractivity contribution in [1.29, 1.82) is 0 Å². The maximum atomic E-state index is 10.00. The lowest BCUT2D eigenvalue weighted by Crippen LogP contribution is -2.45. The molecule has 1 aliphatic rings. The Morgan fingerprint density at radius 2 is 2.08 bits per heavy atom. The molecule has 1 aliphatic heterocycles. The molecule has 0 aromatic heterocycles. The van der Waals surface area contributed by atoms with E-state index in [1.165, 1.54) is 12.8 Å². The molecule has 0 aliphatic carbocycles. The van der Waals surface area contributed by atoms with Crippen molar-refractivity contribution in [2.45, 2.75) is 52.2 Å². The standard InChI is InChI=1S/C11H23NO/c1-4-10-11(13)9(3)7-8(2)5-6-12-10/h8-13H,4-7H2,1-3H3. The van der Waals surface area contributed by atoms with E-state index in [1.54, 1.807) is 0 Å². The van der Waals surface area contributed by atoms with Crippen molar-refractivity contribution >= 4 is 0 Å². The molecule has 1 saturated heterocycles. The van der Waals surface area contributed by atoms with Gasteiger partial charge in [-0.1, -0.05) is 20.8 Å². The van der Waals surface area contributed by atoms with E-state index in [-0.39, 0.29) is 6.10 Å². The van der Waals surface area contributed by atoms with Crippen molar-refractivity contribution in [3.8, 4) is 0 Å². The number of nitrogens with one attached hydrogen (secondary N) is 1. The van der Waals surface area contributed by atoms with E-state index in [0.717, 1.165) is 18.9 Å². The average Bonchev–Trinajstić information content (AvgIpc) is 2.09. The van der Waals surface area contributed by atoms with E-state index in [1.807, 2.05) is 0 Å². The van der Waals surface area contributed by atoms with Gasteiger partial charge in [-0.3, -0.25) is 0 Å². The maximum Gasteiger partial charge on any atom is 0.0718 e. The van der Waals surface area contributed by atoms with Gasteiger partial charge in [0.05, 0.1) is 6.10 Å². The monoisotopic (exact) mass is 185 g/mol. The molecule has 1 heterocycles. The van der Waals surface area contributed by atoms with Gasteiger partial charge in [0.2, 0.25) is 0 Å². The van der Waals surface area contributed by atoms with E-state index >= 15 is 0 Å². The van der Waals surface area contributed by atoms with Crippen LogP contribution in [0.2, 0.25) is 0 Å². The van der Waals surface area contributed by atoms with E-state index in [2.05, 4.69) is 26.1 Å². The summed E-state index contributed by atoms with van der Waals surface area (Å²) in [5.74, 6) is 1.18. The first-order chi connectivity index (χ1) is 6.15. The first kappa shape index (κ1) is 11.0. The molecule has 0 spiro atoms. The van der Waals surface area contributed by atoms with Gasteiger partial charge in [0.15, 0.2) is 0 Å². The minimum absolute atomic E-state index is 0.159. The highest BCUT2D eigenvalue weighted by Crippen LogP contribution is 2.22. The lowest BCUT2D eigenvalue weighted by Gasteiger charge is -2.32. The lowest BCUT2D eigenvalue weighted by atomic mass is 9.85. The Hall–Kier alpha value is -0.0800. The molecule has 0 aromatic carbocycles. The fourth-order valence-electron chi connectivity index (χ4n) is 2.31. The first-order valence-electron chi connectivity index (χ1n) is 5.56. The summed E-state index contributed by atoms with van der Waals surface area (Å²) in [5.41, 5.74) is 0. The van der Waals surface area contributed by atoms with E-state index in [0.29, 0.717) is 12.0 Å². The smallest absolute Gasteiger partial charge is 0.0718 e. The van der Waals surface area contributed by atoms with Crippen LogP contribution in [0.4, 0.5) is 0 Å². The predicted molar refractivity (Wildman–Crippen MR) is 55.7 cm³/mol. The quantitative estimate of drug-likeness (QED) is 0.652. The summed E-state index contributed by atoms with van der Waals surface area (Å²) in [7, 11) is 0. The number of aliphatic hydroxyl groups is 1. The van der Waals surface area contributed by atoms with Crippen LogP contribution in [0.15, 0.2) is 0 Å². The van der Waals surface area contributed by atoms with Crippen molar-refractivity contribution < 1.29 is 5.11 Å². The molecular formula is C11H23NO. The van der Waals surface area contributed by atoms with Crippen LogP contribution in [0, 0.1) is 11.8 Å². The van der Waals surface area contributed by atoms with Gasteiger partial charge in [-0.15, -0.1) is 0 Å². The van der Waals surface area contributed by atoms with Crippen molar-refractivity contribution in [2.75, 3.05) is 6.54 Å². The third kappa shape index (κ3) is 2.96. The van der Waals surface area contributed by atoms with Crippen LogP contribution in [0.3, 0.4) is 0 Å². The summed E-state index contributed by atoms with van der Waals surface area (Å²) < 4.78 is 0. The van der Waals surface area contributed by atoms with Gasteiger partial charge < -0.3 is 10.4 Å². The molecule has 4 atom stereocenters. The van der Waals surface area contributed by atoms with Gasteiger partial charge in [0, 0.05) is 6.04 Å². The number of aliphatic hydroxyl groups excluding tert-OH is 1. The summed E-state index contributed by atoms with van der Waals surface area (Å²) in [6.45, 7) is 7.64. The van der Waals surface area contributed by atoms with Crippen LogP contribution in [-0.2, 0) is 0 Å². The lowest BCUT2D eigenvalue weighted by molar-refractivity contribution is 0.0542. The van der Waals surface area contributed by atoms with E-state index in [9.17, 15) is 5.11 Å². The number of hydrogen-bond acceptors (Lipinski definition) is 2. The third-order valence-electron chi connectivity index (χ3n) is 3.25. The molecule has 0 bridgehead atoms. The van der Waals surface area contributed by atoms with Crippen LogP contribution < -0.4 is 5.32 Å². The summed E-state index contributed by atoms with van der Waals surface area (Å²) in [6, 6.07) is 0.308. The van der Waals surface area contributed by atoms with Crippen LogP contribution in [0.25, 0.3) is 0 Å². The van der Waals surface area contributed by atoms with Crippen LogP contribution in [0.1, 0.15) is 40.0 Å². The normalized spacial score (nSPS) is 42.5. The molecule has 1 fully saturated rings. The SMILES string of the molecule is CCC1NCCC(C)CC(C)C1O. The zero-order valence-corrected chi connectivity index (χ0v) is 9.09. The van der Waals surface area contributed by atoms with Gasteiger partial charge in [-0.2, -0.15) is 0 Å². The summed E-state index contributed by atoms with van der Waals surface area (Å²) in [5, 5.41) is 13.4. The van der Waals surface area contributed by atoms with E-state index in [4.69, 9.17) is 0 Å². The highest BCUT2D eigenvalue weighted by atomic mass is 16.3. The molecule has 2 heteroatoms. The van der Waals surface area contributed by atoms with Crippen molar-refractivity contribution in [1.82, 2.24) is 5.32 Å². The van der Waals surface area contributed by atoms with Crippen LogP contribution in [0.5, 0.6) is 0 Å². The summed E-state index contributed by atoms with van der Waals surface area (Å²) in [4.78, 5) is 0. The molecule has 2 nitrogen and oxygen atoms in total. The molecule has 0 aromatic rings. The highest BCUT2D eigenvalue weighted by molar-refractivity contribution is 4.82. The minimum Gasteiger partial charge on any atom is -0.391 e. The van der Waals surface area contributed by atoms with Crippen LogP contribution in [-0.4, -0.2) is 23.8 Å². The maximum absolute atomic E-state index is 10.00. The fourth-order valence-corrected chi connectivity index (χ4v) is 2.31. The Kier molecular flexibility index (Phi) is 4.20. The Bertz CT molecular complexity index is 149. The molecule has 1 rings (SSSR count). The molecule has 0 saturated carbocycles. The second-order valence-electron chi connectivity index (χ2n) is 4.57. The Balaban J connectivity index is 2.53. The molecular weight excluding hydrogens is 162 g/mol. The molecule has 0 amide bonds. The number of rotatable bonds is 1. The Labute approximate surface area is 81.7 Å². The molecule has 78 valence electrons. The zero-order valence-electron chi connectivity index (χ0n) is 9.09. The van der Waals surface area contributed by atoms with Crippen LogP contribution >= 0.6 is 0 Å². The second-order valence-corrected chi connectivity index (χ2v) is 4.57. The first-order valence-corrected chi connectivity index (χ1v) is 5.56. The van der Waals surface area contributed by atoms with Crippen molar-refractivity contribution in [3.63, 3.8) is 0 Å². The second kappa shape index (κ2) is 4.97. The van der Waals surface area contributed by atoms with Gasteiger partial charge in [-0.05, 0) is 37.6 Å². The Morgan fingerprint density at radius 1 is 1.38 bits per heavy atom. The van der Waals surface area contributed by atoms with Crippen molar-refractivity contribution in [2.24, 2.45) is 11.8 Å². The van der Waals surface area contributed by atoms with E-state index < -0.39 is 0 Å². The Morgan fingerprint density at radius 3 is 2.69 bits per heavy atom. The summed E-state index contributed by atoms with van der Waals surface area (Å²) >= 11 is 0. The van der Waals surface area contributed by atoms with Gasteiger partial charge >= 0.3 is 0 Å². The van der Waals surface area contributed by atoms with Crippen molar-refractivity contribution in [3.05, 3.63) is 0 Å². The minimum atomic E-state index is -0.159. The largest absolute Gasteiger partial charge is 0.391 e. The average molecular weight is 185 g/mol. The third-order valence-corrected chi connectivity index (χ3v) is 3.25. The topological polar surface area (TPSA) is 32.3 Å². The molecule has 13 heavy (non-hydrogen) atoms. The molecule has 2 N–H and O–H groups in total. The summed E-state index contributed by atoms with van der Waals surface area (Å²) in [6.07, 6.45) is 3.28. The predicted octanol–water partition coefficient (Wildman–Crippen LogP) is 1.78. The number of hydrogen-bond donors (Lipinski definition) is 2. The van der Waals surface area contributed by atoms with Gasteiger partial charge in [0.25, 0.3) is 0 Å².